The zero-order valence-electron chi connectivity index (χ0n) is 46.5. The fraction of sp³-hybridized carbons (Fsp3) is 0.677. The topological polar surface area (TPSA) is 157 Å². The molecule has 0 heterocycles. The molecule has 0 saturated heterocycles. The molecular weight excluding hydrogens is 985 g/mol. The lowest BCUT2D eigenvalue weighted by molar-refractivity contribution is -0.188. The van der Waals surface area contributed by atoms with Crippen LogP contribution in [0.2, 0.25) is 0 Å². The number of ether oxygens (including phenoxy) is 3. The van der Waals surface area contributed by atoms with E-state index in [9.17, 15) is 34.5 Å². The van der Waals surface area contributed by atoms with Gasteiger partial charge < -0.3 is 29.5 Å². The molecular formula is C62H85BrO10. The van der Waals surface area contributed by atoms with Crippen LogP contribution in [0, 0.1) is 66.0 Å². The van der Waals surface area contributed by atoms with E-state index in [2.05, 4.69) is 107 Å². The molecule has 400 valence electrons. The number of aliphatic carboxylic acids is 1. The van der Waals surface area contributed by atoms with Gasteiger partial charge in [0, 0.05) is 36.2 Å². The van der Waals surface area contributed by atoms with Crippen molar-refractivity contribution in [3.8, 4) is 0 Å². The number of carbonyl (C=O) groups excluding carboxylic acids is 3. The molecule has 10 rings (SSSR count). The molecule has 0 unspecified atom stereocenters. The van der Waals surface area contributed by atoms with Gasteiger partial charge in [0.15, 0.2) is 18.3 Å². The van der Waals surface area contributed by atoms with E-state index in [1.54, 1.807) is 26.4 Å². The standard InChI is InChI=1S/C31H42O5.C29H38O4.C2H5BrO/c1-19-20-8-9-23-29(4,21(20)16-22(32)25(19)33)13-15-31(6)24-17-28(3,26(34)36-18-35-7)11-10-27(24,2)12-14-30(23,31)5;1-17-18-7-8-21-27(4,19(18)15-20(30)23(17)31)12-14-29(6)22-16-26(3,24(32)33)10-9-25(22,2)11-13-28(21,29)5;1-4-2-3/h8-9,16,24,33H,10-15,17-18H2,1-7H3;7-8,15,22,31H,9-14,16H2,1-6H3,(H,32,33);2H2,1H3/t24-,27-,28-,29+,30-,31+;22-,25-,26-,27+,28-,29+;/m11./s1. The predicted molar refractivity (Wildman–Crippen MR) is 288 cm³/mol. The molecule has 0 bridgehead atoms. The molecule has 0 spiro atoms. The van der Waals surface area contributed by atoms with Gasteiger partial charge in [0.05, 0.1) is 10.8 Å². The molecule has 3 N–H and O–H groups in total. The Balaban J connectivity index is 0.000000182. The monoisotopic (exact) mass is 1070 g/mol. The molecule has 10 aliphatic rings. The number of esters is 1. The van der Waals surface area contributed by atoms with Crippen molar-refractivity contribution in [2.24, 2.45) is 66.0 Å². The predicted octanol–water partition coefficient (Wildman–Crippen LogP) is 14.4. The largest absolute Gasteiger partial charge is 0.504 e. The molecule has 73 heavy (non-hydrogen) atoms. The van der Waals surface area contributed by atoms with Crippen LogP contribution in [-0.2, 0) is 33.4 Å². The van der Waals surface area contributed by atoms with E-state index in [4.69, 9.17) is 9.47 Å². The fourth-order valence-corrected chi connectivity index (χ4v) is 17.6. The number of rotatable bonds is 5. The number of allylic oxidation sites excluding steroid dienone is 14. The fourth-order valence-electron chi connectivity index (χ4n) is 17.6. The molecule has 0 aromatic carbocycles. The number of carboxylic acid groups (broad SMARTS) is 1. The van der Waals surface area contributed by atoms with Crippen molar-refractivity contribution in [1.82, 2.24) is 0 Å². The quantitative estimate of drug-likeness (QED) is 0.138. The van der Waals surface area contributed by atoms with E-state index >= 15 is 0 Å². The first-order valence-electron chi connectivity index (χ1n) is 27.0. The highest BCUT2D eigenvalue weighted by molar-refractivity contribution is 9.09. The van der Waals surface area contributed by atoms with Gasteiger partial charge in [-0.3, -0.25) is 19.2 Å². The Morgan fingerprint density at radius 1 is 0.575 bits per heavy atom. The summed E-state index contributed by atoms with van der Waals surface area (Å²) in [5.74, 6) is -0.897. The Morgan fingerprint density at radius 3 is 1.34 bits per heavy atom. The van der Waals surface area contributed by atoms with Crippen LogP contribution in [0.5, 0.6) is 0 Å². The first-order valence-corrected chi connectivity index (χ1v) is 28.2. The van der Waals surface area contributed by atoms with E-state index in [-0.39, 0.29) is 79.2 Å². The molecule has 11 heteroatoms. The number of halogens is 1. The Morgan fingerprint density at radius 2 is 0.959 bits per heavy atom. The molecule has 0 aromatic heterocycles. The molecule has 0 amide bonds. The van der Waals surface area contributed by atoms with E-state index in [0.29, 0.717) is 28.5 Å². The van der Waals surface area contributed by atoms with Gasteiger partial charge in [-0.2, -0.15) is 0 Å². The van der Waals surface area contributed by atoms with Crippen molar-refractivity contribution in [2.75, 3.05) is 26.5 Å². The van der Waals surface area contributed by atoms with Gasteiger partial charge in [0.25, 0.3) is 0 Å². The van der Waals surface area contributed by atoms with Gasteiger partial charge >= 0.3 is 11.9 Å². The number of hydrogen-bond acceptors (Lipinski definition) is 9. The number of carboxylic acids is 1. The molecule has 0 radical (unpaired) electrons. The number of methoxy groups -OCH3 is 2. The second kappa shape index (κ2) is 18.5. The summed E-state index contributed by atoms with van der Waals surface area (Å²) < 4.78 is 15.0. The molecule has 10 nitrogen and oxygen atoms in total. The van der Waals surface area contributed by atoms with Gasteiger partial charge in [-0.15, -0.1) is 0 Å². The van der Waals surface area contributed by atoms with E-state index in [0.717, 1.165) is 112 Å². The van der Waals surface area contributed by atoms with Crippen molar-refractivity contribution in [2.45, 2.75) is 173 Å². The third-order valence-corrected chi connectivity index (χ3v) is 23.6. The maximum Gasteiger partial charge on any atom is 0.313 e. The van der Waals surface area contributed by atoms with Crippen LogP contribution in [0.15, 0.2) is 92.6 Å². The van der Waals surface area contributed by atoms with Crippen LogP contribution in [0.1, 0.15) is 173 Å². The minimum atomic E-state index is -0.655. The van der Waals surface area contributed by atoms with Crippen molar-refractivity contribution >= 4 is 39.4 Å². The van der Waals surface area contributed by atoms with Crippen LogP contribution < -0.4 is 0 Å². The second-order valence-electron chi connectivity index (χ2n) is 26.8. The van der Waals surface area contributed by atoms with Gasteiger partial charge in [0.1, 0.15) is 5.52 Å². The minimum Gasteiger partial charge on any atom is -0.504 e. The van der Waals surface area contributed by atoms with Crippen LogP contribution in [0.3, 0.4) is 0 Å². The minimum absolute atomic E-state index is 0.0000746. The zero-order chi connectivity index (χ0) is 53.9. The first kappa shape index (κ1) is 55.4. The zero-order valence-corrected chi connectivity index (χ0v) is 48.1. The summed E-state index contributed by atoms with van der Waals surface area (Å²) in [6.07, 6.45) is 25.7. The number of fused-ring (bicyclic) bond motifs is 14. The number of aliphatic hydroxyl groups is 2. The molecule has 6 saturated carbocycles. The third-order valence-electron chi connectivity index (χ3n) is 23.2. The van der Waals surface area contributed by atoms with Crippen molar-refractivity contribution < 1.29 is 48.7 Å². The first-order chi connectivity index (χ1) is 33.9. The van der Waals surface area contributed by atoms with Crippen LogP contribution >= 0.6 is 15.9 Å². The summed E-state index contributed by atoms with van der Waals surface area (Å²) in [4.78, 5) is 50.6. The van der Waals surface area contributed by atoms with Crippen LogP contribution in [0.4, 0.5) is 0 Å². The average Bonchev–Trinajstić information content (AvgIpc) is 3.35. The average molecular weight is 1070 g/mol. The maximum absolute atomic E-state index is 13.1. The summed E-state index contributed by atoms with van der Waals surface area (Å²) in [6, 6.07) is 0. The summed E-state index contributed by atoms with van der Waals surface area (Å²) >= 11 is 3.03. The smallest absolute Gasteiger partial charge is 0.313 e. The van der Waals surface area contributed by atoms with Gasteiger partial charge in [-0.1, -0.05) is 107 Å². The molecule has 0 aromatic rings. The van der Waals surface area contributed by atoms with E-state index < -0.39 is 16.8 Å². The molecule has 6 fully saturated rings. The van der Waals surface area contributed by atoms with Gasteiger partial charge in [0.2, 0.25) is 11.6 Å². The lowest BCUT2D eigenvalue weighted by Gasteiger charge is -2.70. The molecule has 0 aliphatic heterocycles. The third kappa shape index (κ3) is 8.01. The van der Waals surface area contributed by atoms with E-state index in [1.807, 2.05) is 20.8 Å². The molecule has 12 atom stereocenters. The highest BCUT2D eigenvalue weighted by atomic mass is 79.9. The lowest BCUT2D eigenvalue weighted by Crippen LogP contribution is -2.62. The van der Waals surface area contributed by atoms with Gasteiger partial charge in [-0.05, 0) is 196 Å². The van der Waals surface area contributed by atoms with E-state index in [1.165, 1.54) is 11.1 Å². The number of ketones is 2. The summed E-state index contributed by atoms with van der Waals surface area (Å²) in [5.41, 5.74) is 7.54. The van der Waals surface area contributed by atoms with Crippen LogP contribution in [0.25, 0.3) is 0 Å². The maximum atomic E-state index is 13.1. The Kier molecular flexibility index (Phi) is 14.0. The normalized spacial score (nSPS) is 43.2. The Labute approximate surface area is 444 Å². The number of alkyl halides is 1. The van der Waals surface area contributed by atoms with Crippen molar-refractivity contribution in [1.29, 1.82) is 0 Å². The highest BCUT2D eigenvalue weighted by Gasteiger charge is 2.69. The van der Waals surface area contributed by atoms with Crippen LogP contribution in [-0.4, -0.2) is 65.4 Å². The van der Waals surface area contributed by atoms with Crippen molar-refractivity contribution in [3.05, 3.63) is 92.6 Å². The lowest BCUT2D eigenvalue weighted by atomic mass is 9.34. The SMILES string of the molecule is CC1=C(O)C(=O)C=C2C1=CC=C1[C@@]2(C)CC[C@@]2(C)[C@@H]3C[C@](C)(C(=O)O)CC[C@]3(C)CC[C@]12C.COCBr.COCOC(=O)[C@]1(C)CC[C@]2(C)CC[C@]3(C)C4=CC=C5C(=CC(=O)C(O)=C5C)[C@]4(C)CC[C@@]3(C)[C@@H]2C1. The Bertz CT molecular complexity index is 2660. The number of carbonyl (C=O) groups is 4. The van der Waals surface area contributed by atoms with Crippen molar-refractivity contribution in [3.63, 3.8) is 0 Å². The molecule has 10 aliphatic carbocycles. The highest BCUT2D eigenvalue weighted by Crippen LogP contribution is 2.77. The number of hydrogen-bond donors (Lipinski definition) is 3. The van der Waals surface area contributed by atoms with Gasteiger partial charge in [-0.25, -0.2) is 0 Å². The summed E-state index contributed by atoms with van der Waals surface area (Å²) in [5, 5.41) is 30.7. The summed E-state index contributed by atoms with van der Waals surface area (Å²) in [6.45, 7) is 26.9. The summed E-state index contributed by atoms with van der Waals surface area (Å²) in [7, 11) is 3.18. The second-order valence-corrected chi connectivity index (χ2v) is 27.2. The Hall–Kier alpha value is -3.80. The number of aliphatic hydroxyl groups excluding tert-OH is 2.